The van der Waals surface area contributed by atoms with Crippen molar-refractivity contribution in [3.63, 3.8) is 0 Å². The fourth-order valence-electron chi connectivity index (χ4n) is 2.36. The van der Waals surface area contributed by atoms with E-state index in [1.165, 1.54) is 33.8 Å². The molecule has 0 bridgehead atoms. The highest BCUT2D eigenvalue weighted by molar-refractivity contribution is 7.99. The fraction of sp³-hybridized carbons (Fsp3) is 0.333. The third-order valence-corrected chi connectivity index (χ3v) is 5.49. The van der Waals surface area contributed by atoms with Crippen molar-refractivity contribution in [2.45, 2.75) is 30.8 Å². The van der Waals surface area contributed by atoms with Gasteiger partial charge in [-0.1, -0.05) is 18.2 Å². The van der Waals surface area contributed by atoms with E-state index in [-0.39, 0.29) is 0 Å². The molecule has 1 N–H and O–H groups in total. The van der Waals surface area contributed by atoms with Crippen LogP contribution in [0, 0.1) is 6.92 Å². The molecule has 0 saturated carbocycles. The van der Waals surface area contributed by atoms with Crippen molar-refractivity contribution in [2.24, 2.45) is 0 Å². The zero-order valence-electron chi connectivity index (χ0n) is 10.5. The Morgan fingerprint density at radius 1 is 1.28 bits per heavy atom. The number of fused-ring (bicyclic) bond motifs is 1. The summed E-state index contributed by atoms with van der Waals surface area (Å²) >= 11 is 3.78. The Bertz CT molecular complexity index is 533. The Morgan fingerprint density at radius 3 is 3.00 bits per heavy atom. The molecule has 0 spiro atoms. The van der Waals surface area contributed by atoms with Gasteiger partial charge >= 0.3 is 0 Å². The van der Waals surface area contributed by atoms with E-state index in [2.05, 4.69) is 47.3 Å². The molecule has 0 radical (unpaired) electrons. The van der Waals surface area contributed by atoms with Crippen molar-refractivity contribution in [1.82, 2.24) is 5.32 Å². The molecule has 0 aliphatic carbocycles. The van der Waals surface area contributed by atoms with E-state index < -0.39 is 0 Å². The Hall–Kier alpha value is -0.770. The average Bonchev–Trinajstić information content (AvgIpc) is 2.82. The normalized spacial score (nSPS) is 18.6. The minimum atomic E-state index is 0.516. The highest BCUT2D eigenvalue weighted by Crippen LogP contribution is 2.36. The van der Waals surface area contributed by atoms with E-state index in [4.69, 9.17) is 0 Å². The van der Waals surface area contributed by atoms with Crippen LogP contribution < -0.4 is 5.32 Å². The second-order valence-electron chi connectivity index (χ2n) is 4.69. The number of hydrogen-bond acceptors (Lipinski definition) is 3. The van der Waals surface area contributed by atoms with Gasteiger partial charge in [-0.25, -0.2) is 0 Å². The summed E-state index contributed by atoms with van der Waals surface area (Å²) in [4.78, 5) is 1.45. The minimum absolute atomic E-state index is 0.516. The Morgan fingerprint density at radius 2 is 2.17 bits per heavy atom. The number of rotatable bonds is 3. The van der Waals surface area contributed by atoms with Gasteiger partial charge in [0, 0.05) is 17.5 Å². The van der Waals surface area contributed by atoms with Gasteiger partial charge in [-0.15, -0.1) is 11.8 Å². The summed E-state index contributed by atoms with van der Waals surface area (Å²) in [6.45, 7) is 3.18. The van der Waals surface area contributed by atoms with Crippen LogP contribution in [0.15, 0.2) is 39.9 Å². The summed E-state index contributed by atoms with van der Waals surface area (Å²) in [5.74, 6) is 1.22. The lowest BCUT2D eigenvalue weighted by Gasteiger charge is -2.26. The van der Waals surface area contributed by atoms with E-state index in [0.717, 1.165) is 6.54 Å². The molecule has 3 heteroatoms. The largest absolute Gasteiger partial charge is 0.306 e. The number of nitrogens with one attached hydrogen (secondary N) is 1. The molecule has 2 heterocycles. The molecule has 1 unspecified atom stereocenters. The first kappa shape index (κ1) is 12.3. The zero-order valence-corrected chi connectivity index (χ0v) is 12.1. The standard InChI is InChI=1S/C15H17NS2/c1-11-9-17-10-12(11)8-16-14-6-7-18-15-5-3-2-4-13(14)15/h2-5,9-10,14,16H,6-8H2,1H3. The van der Waals surface area contributed by atoms with Gasteiger partial charge in [0.15, 0.2) is 0 Å². The van der Waals surface area contributed by atoms with Crippen LogP contribution in [-0.4, -0.2) is 5.75 Å². The van der Waals surface area contributed by atoms with Gasteiger partial charge in [0.1, 0.15) is 0 Å². The molecule has 0 saturated heterocycles. The van der Waals surface area contributed by atoms with E-state index in [0.29, 0.717) is 6.04 Å². The van der Waals surface area contributed by atoms with E-state index in [9.17, 15) is 0 Å². The Labute approximate surface area is 117 Å². The number of thiophene rings is 1. The van der Waals surface area contributed by atoms with Crippen molar-refractivity contribution in [2.75, 3.05) is 5.75 Å². The molecule has 18 heavy (non-hydrogen) atoms. The quantitative estimate of drug-likeness (QED) is 0.892. The summed E-state index contributed by atoms with van der Waals surface area (Å²) in [7, 11) is 0. The molecule has 1 aliphatic rings. The van der Waals surface area contributed by atoms with Crippen molar-refractivity contribution in [1.29, 1.82) is 0 Å². The molecule has 0 amide bonds. The van der Waals surface area contributed by atoms with Gasteiger partial charge in [0.05, 0.1) is 0 Å². The van der Waals surface area contributed by atoms with Gasteiger partial charge in [-0.05, 0) is 52.6 Å². The first-order valence-electron chi connectivity index (χ1n) is 6.31. The van der Waals surface area contributed by atoms with E-state index >= 15 is 0 Å². The summed E-state index contributed by atoms with van der Waals surface area (Å²) in [5.41, 5.74) is 4.32. The highest BCUT2D eigenvalue weighted by Gasteiger charge is 2.19. The molecule has 1 aromatic carbocycles. The molecule has 1 aliphatic heterocycles. The first-order chi connectivity index (χ1) is 8.84. The van der Waals surface area contributed by atoms with Gasteiger partial charge in [-0.2, -0.15) is 11.3 Å². The monoisotopic (exact) mass is 275 g/mol. The van der Waals surface area contributed by atoms with Crippen LogP contribution in [0.2, 0.25) is 0 Å². The third kappa shape index (κ3) is 2.48. The van der Waals surface area contributed by atoms with Crippen molar-refractivity contribution in [3.8, 4) is 0 Å². The zero-order chi connectivity index (χ0) is 12.4. The summed E-state index contributed by atoms with van der Waals surface area (Å²) in [5, 5.41) is 8.19. The molecule has 1 nitrogen and oxygen atoms in total. The van der Waals surface area contributed by atoms with Crippen LogP contribution >= 0.6 is 23.1 Å². The molecule has 1 aromatic heterocycles. The van der Waals surface area contributed by atoms with E-state index in [1.54, 1.807) is 11.3 Å². The minimum Gasteiger partial charge on any atom is -0.306 e. The van der Waals surface area contributed by atoms with Gasteiger partial charge in [0.2, 0.25) is 0 Å². The first-order valence-corrected chi connectivity index (χ1v) is 8.24. The highest BCUT2D eigenvalue weighted by atomic mass is 32.2. The number of thioether (sulfide) groups is 1. The Kier molecular flexibility index (Phi) is 3.73. The maximum atomic E-state index is 3.71. The Balaban J connectivity index is 1.73. The van der Waals surface area contributed by atoms with Gasteiger partial charge in [0.25, 0.3) is 0 Å². The van der Waals surface area contributed by atoms with Crippen LogP contribution in [0.3, 0.4) is 0 Å². The van der Waals surface area contributed by atoms with Crippen molar-refractivity contribution in [3.05, 3.63) is 51.7 Å². The van der Waals surface area contributed by atoms with Crippen LogP contribution in [0.4, 0.5) is 0 Å². The molecular weight excluding hydrogens is 258 g/mol. The number of hydrogen-bond donors (Lipinski definition) is 1. The average molecular weight is 275 g/mol. The molecule has 0 fully saturated rings. The molecule has 94 valence electrons. The van der Waals surface area contributed by atoms with E-state index in [1.807, 2.05) is 11.8 Å². The number of aryl methyl sites for hydroxylation is 1. The maximum absolute atomic E-state index is 3.71. The van der Waals surface area contributed by atoms with Crippen LogP contribution in [0.25, 0.3) is 0 Å². The van der Waals surface area contributed by atoms with Crippen molar-refractivity contribution >= 4 is 23.1 Å². The molecular formula is C15H17NS2. The summed E-state index contributed by atoms with van der Waals surface area (Å²) < 4.78 is 0. The predicted molar refractivity (Wildman–Crippen MR) is 80.4 cm³/mol. The second-order valence-corrected chi connectivity index (χ2v) is 6.57. The van der Waals surface area contributed by atoms with Gasteiger partial charge < -0.3 is 5.32 Å². The van der Waals surface area contributed by atoms with Crippen LogP contribution in [0.1, 0.15) is 29.2 Å². The fourth-order valence-corrected chi connectivity index (χ4v) is 4.34. The second kappa shape index (κ2) is 5.47. The molecule has 1 atom stereocenters. The lowest BCUT2D eigenvalue weighted by atomic mass is 10.0. The topological polar surface area (TPSA) is 12.0 Å². The van der Waals surface area contributed by atoms with Crippen molar-refractivity contribution < 1.29 is 0 Å². The molecule has 2 aromatic rings. The van der Waals surface area contributed by atoms with Crippen LogP contribution in [0.5, 0.6) is 0 Å². The SMILES string of the molecule is Cc1cscc1CNC1CCSc2ccccc21. The summed E-state index contributed by atoms with van der Waals surface area (Å²) in [6.07, 6.45) is 1.23. The summed E-state index contributed by atoms with van der Waals surface area (Å²) in [6, 6.07) is 9.30. The smallest absolute Gasteiger partial charge is 0.0342 e. The van der Waals surface area contributed by atoms with Crippen LogP contribution in [-0.2, 0) is 6.54 Å². The maximum Gasteiger partial charge on any atom is 0.0342 e. The number of benzene rings is 1. The third-order valence-electron chi connectivity index (χ3n) is 3.46. The lowest BCUT2D eigenvalue weighted by Crippen LogP contribution is -2.24. The predicted octanol–water partition coefficient (Wildman–Crippen LogP) is 4.38. The van der Waals surface area contributed by atoms with Gasteiger partial charge in [-0.3, -0.25) is 0 Å². The lowest BCUT2D eigenvalue weighted by molar-refractivity contribution is 0.510. The molecule has 3 rings (SSSR count).